The summed E-state index contributed by atoms with van der Waals surface area (Å²) in [5.41, 5.74) is 1.01. The normalized spacial score (nSPS) is 20.5. The number of thiol groups is 1. The van der Waals surface area contributed by atoms with Crippen molar-refractivity contribution in [2.24, 2.45) is 0 Å². The number of hydrogen-bond acceptors (Lipinski definition) is 5. The van der Waals surface area contributed by atoms with Crippen LogP contribution < -0.4 is 0 Å². The number of hydrogen-bond donors (Lipinski definition) is 2. The molecule has 0 spiro atoms. The Morgan fingerprint density at radius 3 is 2.32 bits per heavy atom. The Kier molecular flexibility index (Phi) is 4.83. The maximum absolute atomic E-state index is 11.1. The van der Waals surface area contributed by atoms with Gasteiger partial charge in [0.2, 0.25) is 0 Å². The Labute approximate surface area is 141 Å². The van der Waals surface area contributed by atoms with Gasteiger partial charge in [-0.15, -0.1) is 11.3 Å². The fraction of sp³-hybridized carbons (Fsp3) is 0.533. The lowest BCUT2D eigenvalue weighted by Gasteiger charge is -2.32. The minimum atomic E-state index is -0.907. The molecule has 0 bridgehead atoms. The highest BCUT2D eigenvalue weighted by Gasteiger charge is 2.52. The third-order valence-corrected chi connectivity index (χ3v) is 5.76. The van der Waals surface area contributed by atoms with Gasteiger partial charge in [0.15, 0.2) is 0 Å². The smallest absolute Gasteiger partial charge is 0.477 e. The minimum absolute atomic E-state index is 0.330. The van der Waals surface area contributed by atoms with E-state index in [2.05, 4.69) is 12.6 Å². The average molecular weight is 340 g/mol. The van der Waals surface area contributed by atoms with Gasteiger partial charge in [0.25, 0.3) is 0 Å². The molecule has 22 heavy (non-hydrogen) atoms. The van der Waals surface area contributed by atoms with Crippen LogP contribution in [0.1, 0.15) is 47.8 Å². The first-order chi connectivity index (χ1) is 10.1. The fourth-order valence-electron chi connectivity index (χ4n) is 2.10. The van der Waals surface area contributed by atoms with Crippen LogP contribution in [0.2, 0.25) is 0 Å². The van der Waals surface area contributed by atoms with E-state index in [1.165, 1.54) is 11.3 Å². The Bertz CT molecular complexity index is 603. The van der Waals surface area contributed by atoms with Gasteiger partial charge in [-0.2, -0.15) is 12.6 Å². The first kappa shape index (κ1) is 17.6. The third kappa shape index (κ3) is 3.27. The van der Waals surface area contributed by atoms with Crippen molar-refractivity contribution in [2.45, 2.75) is 45.8 Å². The highest BCUT2D eigenvalue weighted by Crippen LogP contribution is 2.39. The maximum atomic E-state index is 11.1. The van der Waals surface area contributed by atoms with Crippen molar-refractivity contribution >= 4 is 43.1 Å². The summed E-state index contributed by atoms with van der Waals surface area (Å²) in [5, 5.41) is 9.09. The van der Waals surface area contributed by atoms with Crippen LogP contribution in [0.3, 0.4) is 0 Å². The fourth-order valence-corrected chi connectivity index (χ4v) is 3.33. The Morgan fingerprint density at radius 1 is 1.36 bits per heavy atom. The van der Waals surface area contributed by atoms with Crippen LogP contribution >= 0.6 is 24.0 Å². The topological polar surface area (TPSA) is 55.8 Å². The summed E-state index contributed by atoms with van der Waals surface area (Å²) >= 11 is 5.63. The summed E-state index contributed by atoms with van der Waals surface area (Å²) in [6.45, 7) is 9.91. The SMILES string of the molecule is Cc1cc(C(=O)O)sc1C=C(CS)B1OC(C)(C)C(C)(C)O1. The van der Waals surface area contributed by atoms with Crippen molar-refractivity contribution in [1.29, 1.82) is 0 Å². The lowest BCUT2D eigenvalue weighted by atomic mass is 9.78. The minimum Gasteiger partial charge on any atom is -0.477 e. The predicted molar refractivity (Wildman–Crippen MR) is 93.9 cm³/mol. The van der Waals surface area contributed by atoms with Gasteiger partial charge in [0.1, 0.15) is 4.88 Å². The highest BCUT2D eigenvalue weighted by atomic mass is 32.1. The van der Waals surface area contributed by atoms with Crippen LogP contribution in [0.5, 0.6) is 0 Å². The lowest BCUT2D eigenvalue weighted by Crippen LogP contribution is -2.41. The van der Waals surface area contributed by atoms with Gasteiger partial charge in [-0.1, -0.05) is 0 Å². The molecule has 2 heterocycles. The Hall–Kier alpha value is -0.755. The van der Waals surface area contributed by atoms with Crippen molar-refractivity contribution < 1.29 is 19.2 Å². The number of thiophene rings is 1. The van der Waals surface area contributed by atoms with E-state index in [-0.39, 0.29) is 0 Å². The quantitative estimate of drug-likeness (QED) is 0.648. The van der Waals surface area contributed by atoms with Gasteiger partial charge < -0.3 is 14.4 Å². The van der Waals surface area contributed by atoms with Crippen molar-refractivity contribution in [2.75, 3.05) is 5.75 Å². The van der Waals surface area contributed by atoms with Gasteiger partial charge in [-0.3, -0.25) is 0 Å². The van der Waals surface area contributed by atoms with Gasteiger partial charge in [0, 0.05) is 10.6 Å². The monoisotopic (exact) mass is 340 g/mol. The molecule has 1 aromatic heterocycles. The lowest BCUT2D eigenvalue weighted by molar-refractivity contribution is 0.00578. The number of aryl methyl sites for hydroxylation is 1. The van der Waals surface area contributed by atoms with E-state index >= 15 is 0 Å². The Balaban J connectivity index is 2.31. The number of aromatic carboxylic acids is 1. The van der Waals surface area contributed by atoms with Gasteiger partial charge >= 0.3 is 13.1 Å². The molecule has 120 valence electrons. The molecule has 1 aliphatic rings. The zero-order valence-electron chi connectivity index (χ0n) is 13.5. The van der Waals surface area contributed by atoms with E-state index in [9.17, 15) is 4.79 Å². The molecule has 4 nitrogen and oxygen atoms in total. The third-order valence-electron chi connectivity index (χ3n) is 4.22. The molecule has 0 atom stereocenters. The Morgan fingerprint density at radius 2 is 1.91 bits per heavy atom. The van der Waals surface area contributed by atoms with Gasteiger partial charge in [0.05, 0.1) is 11.2 Å². The van der Waals surface area contributed by atoms with Crippen molar-refractivity contribution in [1.82, 2.24) is 0 Å². The average Bonchev–Trinajstić information content (AvgIpc) is 2.85. The van der Waals surface area contributed by atoms with Crippen LogP contribution in [-0.2, 0) is 9.31 Å². The second kappa shape index (κ2) is 6.04. The molecule has 0 saturated carbocycles. The van der Waals surface area contributed by atoms with E-state index in [0.717, 1.165) is 15.9 Å². The summed E-state index contributed by atoms with van der Waals surface area (Å²) in [6.07, 6.45) is 1.93. The standard InChI is InChI=1S/C15H21BO4S2/c1-9-6-12(13(17)18)22-11(9)7-10(8-21)16-19-14(2,3)15(4,5)20-16/h6-7,21H,8H2,1-5H3,(H,17,18). The first-order valence-corrected chi connectivity index (χ1v) is 8.53. The number of carbonyl (C=O) groups is 1. The molecule has 1 aliphatic heterocycles. The highest BCUT2D eigenvalue weighted by molar-refractivity contribution is 7.80. The summed E-state index contributed by atoms with van der Waals surface area (Å²) in [5.74, 6) is -0.424. The molecular formula is C15H21BO4S2. The first-order valence-electron chi connectivity index (χ1n) is 7.08. The van der Waals surface area contributed by atoms with Gasteiger partial charge in [-0.05, 0) is 57.8 Å². The second-order valence-electron chi connectivity index (χ2n) is 6.43. The molecule has 0 radical (unpaired) electrons. The van der Waals surface area contributed by atoms with E-state index < -0.39 is 24.3 Å². The molecular weight excluding hydrogens is 319 g/mol. The zero-order valence-corrected chi connectivity index (χ0v) is 15.2. The molecule has 2 rings (SSSR count). The van der Waals surface area contributed by atoms with E-state index in [1.807, 2.05) is 40.7 Å². The van der Waals surface area contributed by atoms with E-state index in [4.69, 9.17) is 14.4 Å². The molecule has 1 N–H and O–H groups in total. The molecule has 0 unspecified atom stereocenters. The van der Waals surface area contributed by atoms with Gasteiger partial charge in [-0.25, -0.2) is 4.79 Å². The van der Waals surface area contributed by atoms with Crippen LogP contribution in [-0.4, -0.2) is 35.1 Å². The van der Waals surface area contributed by atoms with Crippen LogP contribution in [0, 0.1) is 6.92 Å². The van der Waals surface area contributed by atoms with E-state index in [0.29, 0.717) is 10.6 Å². The molecule has 1 saturated heterocycles. The maximum Gasteiger partial charge on any atom is 0.491 e. The van der Waals surface area contributed by atoms with Crippen LogP contribution in [0.15, 0.2) is 11.5 Å². The number of carboxylic acid groups (broad SMARTS) is 1. The number of rotatable bonds is 4. The molecule has 0 amide bonds. The van der Waals surface area contributed by atoms with Crippen LogP contribution in [0.4, 0.5) is 0 Å². The number of carboxylic acids is 1. The summed E-state index contributed by atoms with van der Waals surface area (Å²) in [4.78, 5) is 12.3. The summed E-state index contributed by atoms with van der Waals surface area (Å²) in [6, 6.07) is 1.68. The second-order valence-corrected chi connectivity index (χ2v) is 7.83. The predicted octanol–water partition coefficient (Wildman–Crippen LogP) is 3.70. The van der Waals surface area contributed by atoms with E-state index in [1.54, 1.807) is 6.07 Å². The van der Waals surface area contributed by atoms with Crippen molar-refractivity contribution in [3.8, 4) is 0 Å². The van der Waals surface area contributed by atoms with Crippen molar-refractivity contribution in [3.05, 3.63) is 26.9 Å². The summed E-state index contributed by atoms with van der Waals surface area (Å²) < 4.78 is 12.1. The van der Waals surface area contributed by atoms with Crippen molar-refractivity contribution in [3.63, 3.8) is 0 Å². The molecule has 1 aromatic rings. The summed E-state index contributed by atoms with van der Waals surface area (Å²) in [7, 11) is -0.461. The molecule has 0 aromatic carbocycles. The van der Waals surface area contributed by atoms with Crippen LogP contribution in [0.25, 0.3) is 6.08 Å². The molecule has 0 aliphatic carbocycles. The molecule has 7 heteroatoms. The largest absolute Gasteiger partial charge is 0.491 e. The zero-order chi connectivity index (χ0) is 16.7. The molecule has 1 fully saturated rings.